The molecule has 0 aromatic heterocycles. The zero-order chi connectivity index (χ0) is 14.5. The van der Waals surface area contributed by atoms with E-state index in [0.717, 1.165) is 29.3 Å². The maximum Gasteiger partial charge on any atom is 0.309 e. The van der Waals surface area contributed by atoms with Crippen LogP contribution in [0.15, 0.2) is 28.7 Å². The van der Waals surface area contributed by atoms with Gasteiger partial charge in [-0.1, -0.05) is 34.5 Å². The van der Waals surface area contributed by atoms with Crippen molar-refractivity contribution < 1.29 is 14.3 Å². The van der Waals surface area contributed by atoms with E-state index in [2.05, 4.69) is 21.2 Å². The molecule has 1 N–H and O–H groups in total. The van der Waals surface area contributed by atoms with Crippen molar-refractivity contribution >= 4 is 27.8 Å². The summed E-state index contributed by atoms with van der Waals surface area (Å²) in [5.41, 5.74) is 1.01. The van der Waals surface area contributed by atoms with Gasteiger partial charge >= 0.3 is 5.97 Å². The topological polar surface area (TPSA) is 55.4 Å². The zero-order valence-corrected chi connectivity index (χ0v) is 13.0. The Hall–Kier alpha value is -1.36. The van der Waals surface area contributed by atoms with Gasteiger partial charge in [-0.25, -0.2) is 0 Å². The van der Waals surface area contributed by atoms with Gasteiger partial charge in [0.05, 0.1) is 12.0 Å². The summed E-state index contributed by atoms with van der Waals surface area (Å²) in [6.45, 7) is 1.70. The number of nitrogens with one attached hydrogen (secondary N) is 1. The van der Waals surface area contributed by atoms with Crippen LogP contribution in [-0.4, -0.2) is 18.5 Å². The van der Waals surface area contributed by atoms with Crippen LogP contribution >= 0.6 is 15.9 Å². The second-order valence-electron chi connectivity index (χ2n) is 5.08. The van der Waals surface area contributed by atoms with Crippen LogP contribution < -0.4 is 5.32 Å². The van der Waals surface area contributed by atoms with E-state index in [0.29, 0.717) is 0 Å². The minimum Gasteiger partial charge on any atom is -0.455 e. The Bertz CT molecular complexity index is 482. The van der Waals surface area contributed by atoms with E-state index in [1.165, 1.54) is 0 Å². The van der Waals surface area contributed by atoms with E-state index >= 15 is 0 Å². The number of hydrogen-bond acceptors (Lipinski definition) is 3. The number of esters is 1. The van der Waals surface area contributed by atoms with Crippen molar-refractivity contribution in [3.05, 3.63) is 34.3 Å². The van der Waals surface area contributed by atoms with Crippen molar-refractivity contribution in [2.45, 2.75) is 32.2 Å². The molecule has 5 heteroatoms. The fraction of sp³-hybridized carbons (Fsp3) is 0.467. The van der Waals surface area contributed by atoms with Gasteiger partial charge in [-0.3, -0.25) is 9.59 Å². The fourth-order valence-corrected chi connectivity index (χ4v) is 2.28. The lowest BCUT2D eigenvalue weighted by molar-refractivity contribution is -0.155. The highest BCUT2D eigenvalue weighted by molar-refractivity contribution is 9.10. The Morgan fingerprint density at radius 1 is 1.35 bits per heavy atom. The summed E-state index contributed by atoms with van der Waals surface area (Å²) in [5.74, 6) is -0.512. The molecule has 1 aromatic carbocycles. The van der Waals surface area contributed by atoms with Crippen LogP contribution in [0.4, 0.5) is 0 Å². The van der Waals surface area contributed by atoms with Gasteiger partial charge in [0, 0.05) is 4.47 Å². The Labute approximate surface area is 127 Å². The van der Waals surface area contributed by atoms with Gasteiger partial charge in [-0.05, 0) is 37.5 Å². The van der Waals surface area contributed by atoms with Gasteiger partial charge in [-0.15, -0.1) is 0 Å². The lowest BCUT2D eigenvalue weighted by Gasteiger charge is -2.23. The van der Waals surface area contributed by atoms with Crippen LogP contribution in [-0.2, 0) is 14.3 Å². The number of halogens is 1. The van der Waals surface area contributed by atoms with Crippen molar-refractivity contribution in [2.75, 3.05) is 6.61 Å². The molecule has 0 bridgehead atoms. The molecule has 0 spiro atoms. The molecule has 0 saturated heterocycles. The number of ether oxygens (including phenoxy) is 1. The summed E-state index contributed by atoms with van der Waals surface area (Å²) < 4.78 is 6.00. The van der Waals surface area contributed by atoms with Crippen LogP contribution in [0.3, 0.4) is 0 Å². The van der Waals surface area contributed by atoms with Crippen LogP contribution in [0.5, 0.6) is 0 Å². The lowest BCUT2D eigenvalue weighted by atomic mass is 9.86. The predicted octanol–water partition coefficient (Wildman–Crippen LogP) is 2.97. The van der Waals surface area contributed by atoms with Crippen molar-refractivity contribution in [3.8, 4) is 0 Å². The summed E-state index contributed by atoms with van der Waals surface area (Å²) in [6.07, 6.45) is 2.85. The lowest BCUT2D eigenvalue weighted by Crippen LogP contribution is -2.33. The van der Waals surface area contributed by atoms with E-state index in [4.69, 9.17) is 4.74 Å². The quantitative estimate of drug-likeness (QED) is 0.839. The minimum atomic E-state index is -0.270. The third kappa shape index (κ3) is 4.07. The average molecular weight is 340 g/mol. The third-order valence-corrected chi connectivity index (χ3v) is 4.06. The van der Waals surface area contributed by atoms with Crippen molar-refractivity contribution in [1.29, 1.82) is 0 Å². The summed E-state index contributed by atoms with van der Waals surface area (Å²) in [7, 11) is 0. The molecular formula is C15H18BrNO3. The van der Waals surface area contributed by atoms with Gasteiger partial charge in [0.2, 0.25) is 0 Å². The van der Waals surface area contributed by atoms with Crippen molar-refractivity contribution in [2.24, 2.45) is 5.92 Å². The second kappa shape index (κ2) is 6.88. The van der Waals surface area contributed by atoms with Crippen LogP contribution in [0.2, 0.25) is 0 Å². The summed E-state index contributed by atoms with van der Waals surface area (Å²) in [6, 6.07) is 7.62. The number of carbonyl (C=O) groups is 2. The highest BCUT2D eigenvalue weighted by atomic mass is 79.9. The Kier molecular flexibility index (Phi) is 5.17. The first-order valence-corrected chi connectivity index (χ1v) is 7.57. The van der Waals surface area contributed by atoms with Crippen molar-refractivity contribution in [1.82, 2.24) is 5.32 Å². The molecule has 108 valence electrons. The van der Waals surface area contributed by atoms with E-state index < -0.39 is 0 Å². The van der Waals surface area contributed by atoms with Crippen molar-refractivity contribution in [3.63, 3.8) is 0 Å². The van der Waals surface area contributed by atoms with Crippen LogP contribution in [0.1, 0.15) is 37.8 Å². The Balaban J connectivity index is 1.75. The smallest absolute Gasteiger partial charge is 0.309 e. The number of rotatable bonds is 5. The van der Waals surface area contributed by atoms with Gasteiger partial charge in [0.25, 0.3) is 5.91 Å². The first-order valence-electron chi connectivity index (χ1n) is 6.77. The molecule has 1 aliphatic carbocycles. The fourth-order valence-electron chi connectivity index (χ4n) is 2.02. The summed E-state index contributed by atoms with van der Waals surface area (Å²) >= 11 is 3.37. The SMILES string of the molecule is C[C@H](NC(=O)COC(=O)C1CCC1)c1ccc(Br)cc1. The van der Waals surface area contributed by atoms with Gasteiger partial charge in [-0.2, -0.15) is 0 Å². The van der Waals surface area contributed by atoms with Gasteiger partial charge in [0.1, 0.15) is 0 Å². The van der Waals surface area contributed by atoms with E-state index in [9.17, 15) is 9.59 Å². The molecule has 1 fully saturated rings. The highest BCUT2D eigenvalue weighted by Gasteiger charge is 2.27. The maximum atomic E-state index is 11.7. The molecule has 1 aliphatic rings. The molecule has 20 heavy (non-hydrogen) atoms. The molecule has 4 nitrogen and oxygen atoms in total. The Morgan fingerprint density at radius 2 is 2.00 bits per heavy atom. The number of benzene rings is 1. The second-order valence-corrected chi connectivity index (χ2v) is 5.99. The maximum absolute atomic E-state index is 11.7. The molecule has 0 unspecified atom stereocenters. The normalized spacial score (nSPS) is 16.1. The zero-order valence-electron chi connectivity index (χ0n) is 11.4. The van der Waals surface area contributed by atoms with E-state index in [1.54, 1.807) is 0 Å². The first kappa shape index (κ1) is 15.0. The summed E-state index contributed by atoms with van der Waals surface area (Å²) in [5, 5.41) is 2.81. The number of carbonyl (C=O) groups excluding carboxylic acids is 2. The monoisotopic (exact) mass is 339 g/mol. The average Bonchev–Trinajstić information content (AvgIpc) is 2.35. The molecular weight excluding hydrogens is 322 g/mol. The van der Waals surface area contributed by atoms with E-state index in [1.807, 2.05) is 31.2 Å². The number of amides is 1. The van der Waals surface area contributed by atoms with E-state index in [-0.39, 0.29) is 30.4 Å². The molecule has 1 amide bonds. The third-order valence-electron chi connectivity index (χ3n) is 3.53. The molecule has 0 aliphatic heterocycles. The standard InChI is InChI=1S/C15H18BrNO3/c1-10(11-5-7-13(16)8-6-11)17-14(18)9-20-15(19)12-3-2-4-12/h5-8,10,12H,2-4,9H2,1H3,(H,17,18)/t10-/m0/s1. The van der Waals surface area contributed by atoms with Crippen LogP contribution in [0.25, 0.3) is 0 Å². The first-order chi connectivity index (χ1) is 9.56. The highest BCUT2D eigenvalue weighted by Crippen LogP contribution is 2.27. The Morgan fingerprint density at radius 3 is 2.55 bits per heavy atom. The largest absolute Gasteiger partial charge is 0.455 e. The van der Waals surface area contributed by atoms with Crippen LogP contribution in [0, 0.1) is 5.92 Å². The molecule has 2 rings (SSSR count). The van der Waals surface area contributed by atoms with Gasteiger partial charge < -0.3 is 10.1 Å². The summed E-state index contributed by atoms with van der Waals surface area (Å²) in [4.78, 5) is 23.2. The molecule has 1 aromatic rings. The number of hydrogen-bond donors (Lipinski definition) is 1. The molecule has 1 saturated carbocycles. The molecule has 1 atom stereocenters. The molecule has 0 heterocycles. The predicted molar refractivity (Wildman–Crippen MR) is 79.0 cm³/mol. The minimum absolute atomic E-state index is 0.00620. The van der Waals surface area contributed by atoms with Gasteiger partial charge in [0.15, 0.2) is 6.61 Å². The molecule has 0 radical (unpaired) electrons.